The Hall–Kier alpha value is -2.64. The highest BCUT2D eigenvalue weighted by atomic mass is 35.5. The highest BCUT2D eigenvalue weighted by molar-refractivity contribution is 6.35. The maximum atomic E-state index is 12.0. The SMILES string of the molecule is C[C@H](Oc1ccc(Cl)cc1Cl)C(=O)NNC(=O)c1ccc(O)c(O)c1. The number of hydrogen-bond donors (Lipinski definition) is 4. The largest absolute Gasteiger partial charge is 0.504 e. The molecular weight excluding hydrogens is 371 g/mol. The highest BCUT2D eigenvalue weighted by Gasteiger charge is 2.17. The maximum Gasteiger partial charge on any atom is 0.279 e. The molecule has 0 aliphatic rings. The molecule has 0 saturated carbocycles. The number of carbonyl (C=O) groups is 2. The molecule has 0 bridgehead atoms. The van der Waals surface area contributed by atoms with Crippen LogP contribution in [0.4, 0.5) is 0 Å². The standard InChI is InChI=1S/C16H14Cl2N2O5/c1-8(25-14-5-3-10(17)7-11(14)18)15(23)19-20-16(24)9-2-4-12(21)13(22)6-9/h2-8,21-22H,1H3,(H,19,23)(H,20,24)/t8-/m0/s1. The van der Waals surface area contributed by atoms with Crippen LogP contribution in [0.25, 0.3) is 0 Å². The molecule has 0 radical (unpaired) electrons. The Morgan fingerprint density at radius 1 is 1.04 bits per heavy atom. The van der Waals surface area contributed by atoms with Crippen molar-refractivity contribution >= 4 is 35.0 Å². The average molecular weight is 385 g/mol. The van der Waals surface area contributed by atoms with E-state index < -0.39 is 23.7 Å². The van der Waals surface area contributed by atoms with Gasteiger partial charge in [0.1, 0.15) is 5.75 Å². The first kappa shape index (κ1) is 18.7. The molecule has 0 heterocycles. The fourth-order valence-electron chi connectivity index (χ4n) is 1.77. The van der Waals surface area contributed by atoms with Crippen LogP contribution >= 0.6 is 23.2 Å². The zero-order valence-electron chi connectivity index (χ0n) is 12.9. The van der Waals surface area contributed by atoms with Gasteiger partial charge in [0.25, 0.3) is 11.8 Å². The average Bonchev–Trinajstić information content (AvgIpc) is 2.57. The predicted molar refractivity (Wildman–Crippen MR) is 91.9 cm³/mol. The molecule has 7 nitrogen and oxygen atoms in total. The van der Waals surface area contributed by atoms with Crippen molar-refractivity contribution in [1.29, 1.82) is 0 Å². The Kier molecular flexibility index (Phi) is 5.95. The second-order valence-corrected chi connectivity index (χ2v) is 5.83. The van der Waals surface area contributed by atoms with Gasteiger partial charge in [-0.1, -0.05) is 23.2 Å². The Morgan fingerprint density at radius 2 is 1.76 bits per heavy atom. The monoisotopic (exact) mass is 384 g/mol. The molecule has 1 atom stereocenters. The molecule has 9 heteroatoms. The Bertz CT molecular complexity index is 813. The summed E-state index contributed by atoms with van der Waals surface area (Å²) in [6, 6.07) is 8.05. The van der Waals surface area contributed by atoms with Gasteiger partial charge in [-0.25, -0.2) is 0 Å². The zero-order chi connectivity index (χ0) is 18.6. The number of carbonyl (C=O) groups excluding carboxylic acids is 2. The van der Waals surface area contributed by atoms with Crippen LogP contribution in [0, 0.1) is 0 Å². The second kappa shape index (κ2) is 7.96. The molecular formula is C16H14Cl2N2O5. The molecule has 0 aliphatic carbocycles. The molecule has 2 aromatic carbocycles. The minimum atomic E-state index is -0.952. The van der Waals surface area contributed by atoms with Crippen LogP contribution < -0.4 is 15.6 Å². The third kappa shape index (κ3) is 4.91. The topological polar surface area (TPSA) is 108 Å². The minimum Gasteiger partial charge on any atom is -0.504 e. The van der Waals surface area contributed by atoms with Crippen molar-refractivity contribution in [3.05, 3.63) is 52.0 Å². The molecule has 0 saturated heterocycles. The first-order valence-electron chi connectivity index (χ1n) is 7.02. The van der Waals surface area contributed by atoms with Crippen LogP contribution in [0.1, 0.15) is 17.3 Å². The number of hydrogen-bond acceptors (Lipinski definition) is 5. The lowest BCUT2D eigenvalue weighted by Crippen LogP contribution is -2.47. The summed E-state index contributed by atoms with van der Waals surface area (Å²) in [5, 5.41) is 19.2. The number of amides is 2. The van der Waals surface area contributed by atoms with E-state index >= 15 is 0 Å². The lowest BCUT2D eigenvalue weighted by molar-refractivity contribution is -0.128. The molecule has 25 heavy (non-hydrogen) atoms. The van der Waals surface area contributed by atoms with E-state index in [9.17, 15) is 19.8 Å². The summed E-state index contributed by atoms with van der Waals surface area (Å²) in [6.07, 6.45) is -0.952. The zero-order valence-corrected chi connectivity index (χ0v) is 14.4. The first-order chi connectivity index (χ1) is 11.8. The molecule has 4 N–H and O–H groups in total. The van der Waals surface area contributed by atoms with E-state index in [0.29, 0.717) is 5.02 Å². The van der Waals surface area contributed by atoms with Crippen LogP contribution in [-0.2, 0) is 4.79 Å². The Morgan fingerprint density at radius 3 is 2.40 bits per heavy atom. The van der Waals surface area contributed by atoms with Gasteiger partial charge in [-0.05, 0) is 43.3 Å². The van der Waals surface area contributed by atoms with Gasteiger partial charge in [0.05, 0.1) is 5.02 Å². The number of halogens is 2. The number of ether oxygens (including phenoxy) is 1. The van der Waals surface area contributed by atoms with E-state index in [1.165, 1.54) is 25.1 Å². The lowest BCUT2D eigenvalue weighted by Gasteiger charge is -2.16. The smallest absolute Gasteiger partial charge is 0.279 e. The minimum absolute atomic E-state index is 0.0462. The number of hydrazine groups is 1. The molecule has 0 fully saturated rings. The lowest BCUT2D eigenvalue weighted by atomic mass is 10.2. The summed E-state index contributed by atoms with van der Waals surface area (Å²) in [7, 11) is 0. The van der Waals surface area contributed by atoms with Crippen molar-refractivity contribution in [2.24, 2.45) is 0 Å². The highest BCUT2D eigenvalue weighted by Crippen LogP contribution is 2.28. The van der Waals surface area contributed by atoms with Crippen molar-refractivity contribution in [2.75, 3.05) is 0 Å². The van der Waals surface area contributed by atoms with Gasteiger partial charge in [0, 0.05) is 10.6 Å². The molecule has 0 spiro atoms. The third-order valence-electron chi connectivity index (χ3n) is 3.10. The van der Waals surface area contributed by atoms with Crippen molar-refractivity contribution < 1.29 is 24.5 Å². The first-order valence-corrected chi connectivity index (χ1v) is 7.77. The van der Waals surface area contributed by atoms with Gasteiger partial charge < -0.3 is 14.9 Å². The van der Waals surface area contributed by atoms with Gasteiger partial charge >= 0.3 is 0 Å². The number of aromatic hydroxyl groups is 2. The van der Waals surface area contributed by atoms with Crippen molar-refractivity contribution in [3.63, 3.8) is 0 Å². The summed E-state index contributed by atoms with van der Waals surface area (Å²) in [5.74, 6) is -1.85. The molecule has 2 aromatic rings. The van der Waals surface area contributed by atoms with Crippen molar-refractivity contribution in [3.8, 4) is 17.2 Å². The van der Waals surface area contributed by atoms with Gasteiger partial charge in [0.15, 0.2) is 17.6 Å². The number of rotatable bonds is 4. The van der Waals surface area contributed by atoms with Crippen molar-refractivity contribution in [1.82, 2.24) is 10.9 Å². The Balaban J connectivity index is 1.92. The van der Waals surface area contributed by atoms with E-state index in [0.717, 1.165) is 12.1 Å². The van der Waals surface area contributed by atoms with E-state index in [1.54, 1.807) is 6.07 Å². The van der Waals surface area contributed by atoms with Gasteiger partial charge in [-0.15, -0.1) is 0 Å². The van der Waals surface area contributed by atoms with Crippen LogP contribution in [0.2, 0.25) is 10.0 Å². The van der Waals surface area contributed by atoms with E-state index in [4.69, 9.17) is 27.9 Å². The Labute approximate surface area is 153 Å². The summed E-state index contributed by atoms with van der Waals surface area (Å²) >= 11 is 11.7. The maximum absolute atomic E-state index is 12.0. The molecule has 0 aliphatic heterocycles. The normalized spacial score (nSPS) is 11.5. The van der Waals surface area contributed by atoms with E-state index in [2.05, 4.69) is 10.9 Å². The number of phenols is 2. The van der Waals surface area contributed by atoms with Crippen molar-refractivity contribution in [2.45, 2.75) is 13.0 Å². The van der Waals surface area contributed by atoms with Crippen LogP contribution in [0.15, 0.2) is 36.4 Å². The van der Waals surface area contributed by atoms with Gasteiger partial charge in [0.2, 0.25) is 0 Å². The van der Waals surface area contributed by atoms with Gasteiger partial charge in [-0.2, -0.15) is 0 Å². The molecule has 0 unspecified atom stereocenters. The second-order valence-electron chi connectivity index (χ2n) is 4.98. The summed E-state index contributed by atoms with van der Waals surface area (Å²) < 4.78 is 5.41. The van der Waals surface area contributed by atoms with Crippen LogP contribution in [-0.4, -0.2) is 28.1 Å². The third-order valence-corrected chi connectivity index (χ3v) is 3.63. The van der Waals surface area contributed by atoms with Crippen LogP contribution in [0.3, 0.4) is 0 Å². The molecule has 132 valence electrons. The fraction of sp³-hybridized carbons (Fsp3) is 0.125. The fourth-order valence-corrected chi connectivity index (χ4v) is 2.22. The predicted octanol–water partition coefficient (Wildman–Crippen LogP) is 2.63. The number of nitrogens with one attached hydrogen (secondary N) is 2. The summed E-state index contributed by atoms with van der Waals surface area (Å²) in [4.78, 5) is 23.9. The summed E-state index contributed by atoms with van der Waals surface area (Å²) in [5.41, 5.74) is 4.41. The summed E-state index contributed by atoms with van der Waals surface area (Å²) in [6.45, 7) is 1.47. The van der Waals surface area contributed by atoms with Gasteiger partial charge in [-0.3, -0.25) is 20.4 Å². The van der Waals surface area contributed by atoms with E-state index in [-0.39, 0.29) is 22.1 Å². The number of phenolic OH excluding ortho intramolecular Hbond substituents is 2. The molecule has 0 aromatic heterocycles. The number of benzene rings is 2. The molecule has 2 amide bonds. The quantitative estimate of drug-likeness (QED) is 0.478. The van der Waals surface area contributed by atoms with E-state index in [1.807, 2.05) is 0 Å². The van der Waals surface area contributed by atoms with Crippen LogP contribution in [0.5, 0.6) is 17.2 Å². The molecule has 2 rings (SSSR count).